The first kappa shape index (κ1) is 11.7. The topological polar surface area (TPSA) is 72.3 Å². The van der Waals surface area contributed by atoms with Crippen LogP contribution < -0.4 is 5.73 Å². The maximum Gasteiger partial charge on any atom is 0.169 e. The Morgan fingerprint density at radius 3 is 2.71 bits per heavy atom. The SMILES string of the molecule is CC(C)(CO)c1cccc(-c2cc(N)no2)c1. The molecule has 2 aromatic rings. The Kier molecular flexibility index (Phi) is 2.90. The number of nitrogens with zero attached hydrogens (tertiary/aromatic N) is 1. The van der Waals surface area contributed by atoms with Crippen LogP contribution in [0.15, 0.2) is 34.9 Å². The lowest BCUT2D eigenvalue weighted by Crippen LogP contribution is -2.21. The smallest absolute Gasteiger partial charge is 0.169 e. The average Bonchev–Trinajstić information content (AvgIpc) is 2.76. The predicted molar refractivity (Wildman–Crippen MR) is 66.5 cm³/mol. The van der Waals surface area contributed by atoms with Gasteiger partial charge in [-0.05, 0) is 11.6 Å². The summed E-state index contributed by atoms with van der Waals surface area (Å²) < 4.78 is 5.11. The molecule has 0 aliphatic rings. The minimum absolute atomic E-state index is 0.0923. The van der Waals surface area contributed by atoms with Crippen molar-refractivity contribution in [3.63, 3.8) is 0 Å². The summed E-state index contributed by atoms with van der Waals surface area (Å²) >= 11 is 0. The molecule has 0 bridgehead atoms. The number of anilines is 1. The first-order valence-electron chi connectivity index (χ1n) is 5.47. The average molecular weight is 232 g/mol. The fourth-order valence-electron chi connectivity index (χ4n) is 1.61. The van der Waals surface area contributed by atoms with Crippen LogP contribution in [0, 0.1) is 0 Å². The summed E-state index contributed by atoms with van der Waals surface area (Å²) in [5.74, 6) is 1.00. The fourth-order valence-corrected chi connectivity index (χ4v) is 1.61. The number of rotatable bonds is 3. The molecule has 17 heavy (non-hydrogen) atoms. The number of aromatic nitrogens is 1. The highest BCUT2D eigenvalue weighted by molar-refractivity contribution is 5.61. The molecule has 0 aliphatic heterocycles. The molecule has 1 aromatic heterocycles. The molecule has 1 aromatic carbocycles. The van der Waals surface area contributed by atoms with Crippen LogP contribution in [0.25, 0.3) is 11.3 Å². The van der Waals surface area contributed by atoms with Crippen molar-refractivity contribution in [3.05, 3.63) is 35.9 Å². The minimum Gasteiger partial charge on any atom is -0.395 e. The van der Waals surface area contributed by atoms with Gasteiger partial charge in [-0.2, -0.15) is 0 Å². The summed E-state index contributed by atoms with van der Waals surface area (Å²) in [6.07, 6.45) is 0. The van der Waals surface area contributed by atoms with Gasteiger partial charge in [-0.1, -0.05) is 37.2 Å². The monoisotopic (exact) mass is 232 g/mol. The number of benzene rings is 1. The predicted octanol–water partition coefficient (Wildman–Crippen LogP) is 2.19. The molecule has 0 atom stereocenters. The fraction of sp³-hybridized carbons (Fsp3) is 0.308. The summed E-state index contributed by atoms with van der Waals surface area (Å²) in [5, 5.41) is 13.0. The van der Waals surface area contributed by atoms with Gasteiger partial charge in [-0.3, -0.25) is 0 Å². The second-order valence-electron chi connectivity index (χ2n) is 4.74. The van der Waals surface area contributed by atoms with E-state index >= 15 is 0 Å². The summed E-state index contributed by atoms with van der Waals surface area (Å²) in [7, 11) is 0. The van der Waals surface area contributed by atoms with Gasteiger partial charge in [0, 0.05) is 17.0 Å². The van der Waals surface area contributed by atoms with Crippen LogP contribution in [0.2, 0.25) is 0 Å². The van der Waals surface area contributed by atoms with Crippen molar-refractivity contribution in [2.45, 2.75) is 19.3 Å². The largest absolute Gasteiger partial charge is 0.395 e. The lowest BCUT2D eigenvalue weighted by Gasteiger charge is -2.22. The first-order chi connectivity index (χ1) is 8.03. The Morgan fingerprint density at radius 2 is 2.12 bits per heavy atom. The zero-order valence-electron chi connectivity index (χ0n) is 9.97. The number of hydrogen-bond acceptors (Lipinski definition) is 4. The van der Waals surface area contributed by atoms with Crippen molar-refractivity contribution < 1.29 is 9.63 Å². The van der Waals surface area contributed by atoms with Gasteiger partial charge in [0.15, 0.2) is 11.6 Å². The molecule has 1 heterocycles. The third-order valence-corrected chi connectivity index (χ3v) is 2.85. The standard InChI is InChI=1S/C13H16N2O2/c1-13(2,8-16)10-5-3-4-9(6-10)11-7-12(14)15-17-11/h3-7,16H,8H2,1-2H3,(H2,14,15). The zero-order chi connectivity index (χ0) is 12.5. The number of hydrogen-bond donors (Lipinski definition) is 2. The normalized spacial score (nSPS) is 11.7. The van der Waals surface area contributed by atoms with E-state index in [2.05, 4.69) is 5.16 Å². The molecule has 4 heteroatoms. The van der Waals surface area contributed by atoms with Crippen molar-refractivity contribution in [2.24, 2.45) is 0 Å². The van der Waals surface area contributed by atoms with Crippen LogP contribution in [0.4, 0.5) is 5.82 Å². The van der Waals surface area contributed by atoms with Crippen LogP contribution in [-0.2, 0) is 5.41 Å². The van der Waals surface area contributed by atoms with E-state index in [0.29, 0.717) is 11.6 Å². The highest BCUT2D eigenvalue weighted by Gasteiger charge is 2.20. The van der Waals surface area contributed by atoms with Gasteiger partial charge in [0.25, 0.3) is 0 Å². The van der Waals surface area contributed by atoms with E-state index in [-0.39, 0.29) is 12.0 Å². The Morgan fingerprint density at radius 1 is 1.35 bits per heavy atom. The highest BCUT2D eigenvalue weighted by atomic mass is 16.5. The van der Waals surface area contributed by atoms with Gasteiger partial charge >= 0.3 is 0 Å². The van der Waals surface area contributed by atoms with Gasteiger partial charge in [0.1, 0.15) is 0 Å². The molecular formula is C13H16N2O2. The Balaban J connectivity index is 2.42. The van der Waals surface area contributed by atoms with Crippen LogP contribution in [0.1, 0.15) is 19.4 Å². The molecule has 0 amide bonds. The third-order valence-electron chi connectivity index (χ3n) is 2.85. The van der Waals surface area contributed by atoms with Crippen molar-refractivity contribution in [1.29, 1.82) is 0 Å². The second kappa shape index (κ2) is 4.22. The summed E-state index contributed by atoms with van der Waals surface area (Å²) in [4.78, 5) is 0. The van der Waals surface area contributed by atoms with Gasteiger partial charge in [-0.15, -0.1) is 0 Å². The van der Waals surface area contributed by atoms with Crippen molar-refractivity contribution in [3.8, 4) is 11.3 Å². The lowest BCUT2D eigenvalue weighted by atomic mass is 9.84. The molecule has 0 saturated heterocycles. The maximum atomic E-state index is 9.36. The molecule has 0 unspecified atom stereocenters. The van der Waals surface area contributed by atoms with Crippen molar-refractivity contribution in [2.75, 3.05) is 12.3 Å². The Bertz CT molecular complexity index is 518. The molecule has 0 aliphatic carbocycles. The first-order valence-corrected chi connectivity index (χ1v) is 5.47. The summed E-state index contributed by atoms with van der Waals surface area (Å²) in [5.41, 5.74) is 7.20. The third kappa shape index (κ3) is 2.31. The van der Waals surface area contributed by atoms with Crippen LogP contribution in [0.3, 0.4) is 0 Å². The molecule has 0 saturated carbocycles. The van der Waals surface area contributed by atoms with E-state index in [1.54, 1.807) is 6.07 Å². The molecule has 0 radical (unpaired) electrons. The zero-order valence-corrected chi connectivity index (χ0v) is 9.97. The molecule has 2 rings (SSSR count). The Labute approximate surface area is 100 Å². The van der Waals surface area contributed by atoms with Crippen LogP contribution in [0.5, 0.6) is 0 Å². The highest BCUT2D eigenvalue weighted by Crippen LogP contribution is 2.28. The minimum atomic E-state index is -0.276. The van der Waals surface area contributed by atoms with Crippen molar-refractivity contribution >= 4 is 5.82 Å². The Hall–Kier alpha value is -1.81. The van der Waals surface area contributed by atoms with E-state index in [1.165, 1.54) is 0 Å². The van der Waals surface area contributed by atoms with E-state index < -0.39 is 0 Å². The molecule has 0 spiro atoms. The van der Waals surface area contributed by atoms with Gasteiger partial charge in [0.05, 0.1) is 6.61 Å². The van der Waals surface area contributed by atoms with Gasteiger partial charge in [-0.25, -0.2) is 0 Å². The summed E-state index contributed by atoms with van der Waals surface area (Å²) in [6.45, 7) is 4.07. The molecular weight excluding hydrogens is 216 g/mol. The van der Waals surface area contributed by atoms with E-state index in [9.17, 15) is 5.11 Å². The van der Waals surface area contributed by atoms with E-state index in [4.69, 9.17) is 10.3 Å². The maximum absolute atomic E-state index is 9.36. The molecule has 0 fully saturated rings. The van der Waals surface area contributed by atoms with Crippen LogP contribution >= 0.6 is 0 Å². The summed E-state index contributed by atoms with van der Waals surface area (Å²) in [6, 6.07) is 9.51. The quantitative estimate of drug-likeness (QED) is 0.850. The lowest BCUT2D eigenvalue weighted by molar-refractivity contribution is 0.218. The van der Waals surface area contributed by atoms with Crippen LogP contribution in [-0.4, -0.2) is 16.9 Å². The van der Waals surface area contributed by atoms with E-state index in [1.807, 2.05) is 38.1 Å². The molecule has 3 N–H and O–H groups in total. The number of aliphatic hydroxyl groups excluding tert-OH is 1. The van der Waals surface area contributed by atoms with Crippen molar-refractivity contribution in [1.82, 2.24) is 5.16 Å². The number of aliphatic hydroxyl groups is 1. The van der Waals surface area contributed by atoms with Gasteiger partial charge in [0.2, 0.25) is 0 Å². The molecule has 90 valence electrons. The second-order valence-corrected chi connectivity index (χ2v) is 4.74. The number of nitrogen functional groups attached to an aromatic ring is 1. The molecule has 4 nitrogen and oxygen atoms in total. The van der Waals surface area contributed by atoms with E-state index in [0.717, 1.165) is 11.1 Å². The van der Waals surface area contributed by atoms with Gasteiger partial charge < -0.3 is 15.4 Å². The number of nitrogens with two attached hydrogens (primary N) is 1.